The first-order valence-electron chi connectivity index (χ1n) is 7.68. The molecule has 22 heavy (non-hydrogen) atoms. The van der Waals surface area contributed by atoms with Crippen LogP contribution in [0.3, 0.4) is 0 Å². The van der Waals surface area contributed by atoms with E-state index in [2.05, 4.69) is 32.1 Å². The highest BCUT2D eigenvalue weighted by molar-refractivity contribution is 6.15. The highest BCUT2D eigenvalue weighted by Crippen LogP contribution is 2.28. The number of nitrogens with zero attached hydrogens (tertiary/aromatic N) is 4. The molecule has 6 nitrogen and oxygen atoms in total. The summed E-state index contributed by atoms with van der Waals surface area (Å²) in [6.07, 6.45) is 0. The van der Waals surface area contributed by atoms with Crippen LogP contribution in [-0.4, -0.2) is 65.3 Å². The number of aromatic nitrogens is 2. The molecule has 6 heteroatoms. The minimum Gasteiger partial charge on any atom is -0.362 e. The maximum atomic E-state index is 12.0. The number of piperazine rings is 1. The first-order chi connectivity index (χ1) is 10.7. The molecule has 0 spiro atoms. The molecule has 0 atom stereocenters. The quantitative estimate of drug-likeness (QED) is 0.892. The third kappa shape index (κ3) is 2.34. The number of rotatable bonds is 2. The van der Waals surface area contributed by atoms with Gasteiger partial charge in [0.15, 0.2) is 5.78 Å². The van der Waals surface area contributed by atoms with Gasteiger partial charge in [0.05, 0.1) is 24.0 Å². The summed E-state index contributed by atoms with van der Waals surface area (Å²) in [5, 5.41) is 4.00. The molecule has 0 radical (unpaired) electrons. The Hall–Kier alpha value is -2.05. The lowest BCUT2D eigenvalue weighted by molar-refractivity contribution is 0.101. The van der Waals surface area contributed by atoms with Crippen molar-refractivity contribution in [1.29, 1.82) is 0 Å². The Bertz CT molecular complexity index is 737. The summed E-state index contributed by atoms with van der Waals surface area (Å²) in [5.74, 6) is 1.73. The van der Waals surface area contributed by atoms with E-state index in [-0.39, 0.29) is 5.78 Å². The third-order valence-electron chi connectivity index (χ3n) is 4.45. The maximum absolute atomic E-state index is 12.0. The fourth-order valence-electron chi connectivity index (χ4n) is 3.13. The molecule has 1 N–H and O–H groups in total. The number of Topliss-reactive ketones (excluding diaryl/α,β-unsaturated/α-hetero) is 1. The number of carbonyl (C=O) groups excluding carboxylic acids is 1. The zero-order valence-corrected chi connectivity index (χ0v) is 12.7. The molecule has 3 heterocycles. The molecule has 0 saturated carbocycles. The Labute approximate surface area is 129 Å². The van der Waals surface area contributed by atoms with Crippen molar-refractivity contribution in [2.45, 2.75) is 6.54 Å². The number of hydrogen-bond donors (Lipinski definition) is 1. The number of ketones is 1. The van der Waals surface area contributed by atoms with Crippen LogP contribution in [-0.2, 0) is 6.54 Å². The van der Waals surface area contributed by atoms with Crippen molar-refractivity contribution < 1.29 is 4.79 Å². The summed E-state index contributed by atoms with van der Waals surface area (Å²) < 4.78 is 0. The van der Waals surface area contributed by atoms with E-state index >= 15 is 0 Å². The number of likely N-dealkylation sites (N-methyl/N-ethyl adjacent to an activating group) is 1. The third-order valence-corrected chi connectivity index (χ3v) is 4.45. The second-order valence-electron chi connectivity index (χ2n) is 6.04. The lowest BCUT2D eigenvalue weighted by Crippen LogP contribution is -2.44. The number of nitrogens with one attached hydrogen (secondary N) is 1. The van der Waals surface area contributed by atoms with Crippen LogP contribution in [0.2, 0.25) is 0 Å². The molecule has 2 aromatic rings. The molecule has 1 saturated heterocycles. The van der Waals surface area contributed by atoms with Crippen LogP contribution < -0.4 is 5.32 Å². The van der Waals surface area contributed by atoms with Gasteiger partial charge in [0, 0.05) is 31.7 Å². The molecule has 0 aliphatic carbocycles. The van der Waals surface area contributed by atoms with Gasteiger partial charge in [-0.15, -0.1) is 0 Å². The zero-order valence-electron chi connectivity index (χ0n) is 12.7. The van der Waals surface area contributed by atoms with E-state index in [4.69, 9.17) is 0 Å². The van der Waals surface area contributed by atoms with E-state index in [1.165, 1.54) is 0 Å². The van der Waals surface area contributed by atoms with Gasteiger partial charge < -0.3 is 10.2 Å². The Morgan fingerprint density at radius 2 is 2.00 bits per heavy atom. The SMILES string of the molecule is CN1CCN(Cc2nc3c4c(cccc4n2)C(=O)CN3)CC1. The standard InChI is InChI=1S/C16H19N5O/c1-20-5-7-21(8-6-20)10-14-18-12-4-2-3-11-13(22)9-17-16(19-14)15(11)12/h2-4H,5-10H2,1H3,(H,17,18,19). The Morgan fingerprint density at radius 1 is 1.18 bits per heavy atom. The van der Waals surface area contributed by atoms with Gasteiger partial charge in [-0.1, -0.05) is 12.1 Å². The Kier molecular flexibility index (Phi) is 3.28. The highest BCUT2D eigenvalue weighted by Gasteiger charge is 2.22. The number of hydrogen-bond acceptors (Lipinski definition) is 6. The smallest absolute Gasteiger partial charge is 0.182 e. The van der Waals surface area contributed by atoms with Crippen LogP contribution in [0.5, 0.6) is 0 Å². The molecule has 0 unspecified atom stereocenters. The highest BCUT2D eigenvalue weighted by atomic mass is 16.1. The van der Waals surface area contributed by atoms with E-state index in [1.807, 2.05) is 18.2 Å². The zero-order chi connectivity index (χ0) is 15.1. The number of benzene rings is 1. The van der Waals surface area contributed by atoms with Gasteiger partial charge in [-0.25, -0.2) is 9.97 Å². The normalized spacial score (nSPS) is 19.4. The molecule has 1 aromatic carbocycles. The lowest BCUT2D eigenvalue weighted by Gasteiger charge is -2.32. The molecular formula is C16H19N5O. The van der Waals surface area contributed by atoms with Gasteiger partial charge in [0.25, 0.3) is 0 Å². The molecular weight excluding hydrogens is 278 g/mol. The van der Waals surface area contributed by atoms with Crippen LogP contribution in [0.1, 0.15) is 16.2 Å². The van der Waals surface area contributed by atoms with Gasteiger partial charge in [-0.05, 0) is 13.1 Å². The minimum absolute atomic E-state index is 0.105. The summed E-state index contributed by atoms with van der Waals surface area (Å²) in [6.45, 7) is 5.32. The summed E-state index contributed by atoms with van der Waals surface area (Å²) >= 11 is 0. The molecule has 1 fully saturated rings. The van der Waals surface area contributed by atoms with Gasteiger partial charge in [0.2, 0.25) is 0 Å². The van der Waals surface area contributed by atoms with Crippen LogP contribution >= 0.6 is 0 Å². The fraction of sp³-hybridized carbons (Fsp3) is 0.438. The summed E-state index contributed by atoms with van der Waals surface area (Å²) in [5.41, 5.74) is 1.59. The molecule has 114 valence electrons. The van der Waals surface area contributed by atoms with Crippen LogP contribution in [0.4, 0.5) is 5.82 Å². The van der Waals surface area contributed by atoms with Gasteiger partial charge in [0.1, 0.15) is 11.6 Å². The average molecular weight is 297 g/mol. The fourth-order valence-corrected chi connectivity index (χ4v) is 3.13. The van der Waals surface area contributed by atoms with E-state index < -0.39 is 0 Å². The van der Waals surface area contributed by atoms with Crippen molar-refractivity contribution in [1.82, 2.24) is 19.8 Å². The minimum atomic E-state index is 0.105. The van der Waals surface area contributed by atoms with Crippen LogP contribution in [0.15, 0.2) is 18.2 Å². The maximum Gasteiger partial charge on any atom is 0.182 e. The number of anilines is 1. The van der Waals surface area contributed by atoms with Crippen molar-refractivity contribution in [3.8, 4) is 0 Å². The lowest BCUT2D eigenvalue weighted by atomic mass is 10.0. The van der Waals surface area contributed by atoms with Crippen LogP contribution in [0.25, 0.3) is 10.9 Å². The summed E-state index contributed by atoms with van der Waals surface area (Å²) in [6, 6.07) is 5.72. The van der Waals surface area contributed by atoms with E-state index in [1.54, 1.807) is 0 Å². The van der Waals surface area contributed by atoms with Crippen molar-refractivity contribution in [2.24, 2.45) is 0 Å². The summed E-state index contributed by atoms with van der Waals surface area (Å²) in [4.78, 5) is 26.0. The second kappa shape index (κ2) is 5.30. The molecule has 2 aliphatic rings. The largest absolute Gasteiger partial charge is 0.362 e. The van der Waals surface area contributed by atoms with Gasteiger partial charge in [-0.2, -0.15) is 0 Å². The molecule has 4 rings (SSSR count). The molecule has 0 bridgehead atoms. The van der Waals surface area contributed by atoms with Crippen LogP contribution in [0, 0.1) is 0 Å². The van der Waals surface area contributed by atoms with E-state index in [9.17, 15) is 4.79 Å². The molecule has 1 aromatic heterocycles. The first-order valence-corrected chi connectivity index (χ1v) is 7.68. The van der Waals surface area contributed by atoms with E-state index in [0.29, 0.717) is 6.54 Å². The summed E-state index contributed by atoms with van der Waals surface area (Å²) in [7, 11) is 2.15. The average Bonchev–Trinajstić information content (AvgIpc) is 2.53. The molecule has 0 amide bonds. The van der Waals surface area contributed by atoms with Crippen molar-refractivity contribution in [2.75, 3.05) is 45.1 Å². The van der Waals surface area contributed by atoms with Gasteiger partial charge >= 0.3 is 0 Å². The van der Waals surface area contributed by atoms with Gasteiger partial charge in [-0.3, -0.25) is 9.69 Å². The number of carbonyl (C=O) groups is 1. The first kappa shape index (κ1) is 13.6. The second-order valence-corrected chi connectivity index (χ2v) is 6.04. The van der Waals surface area contributed by atoms with E-state index in [0.717, 1.165) is 60.8 Å². The van der Waals surface area contributed by atoms with Crippen molar-refractivity contribution in [3.63, 3.8) is 0 Å². The Balaban J connectivity index is 1.68. The Morgan fingerprint density at radius 3 is 2.82 bits per heavy atom. The van der Waals surface area contributed by atoms with Crippen molar-refractivity contribution >= 4 is 22.5 Å². The predicted molar refractivity (Wildman–Crippen MR) is 85.1 cm³/mol. The topological polar surface area (TPSA) is 61.4 Å². The predicted octanol–water partition coefficient (Wildman–Crippen LogP) is 0.985. The molecule has 2 aliphatic heterocycles. The van der Waals surface area contributed by atoms with Crippen molar-refractivity contribution in [3.05, 3.63) is 29.6 Å². The monoisotopic (exact) mass is 297 g/mol.